The van der Waals surface area contributed by atoms with Crippen molar-refractivity contribution in [1.82, 2.24) is 0 Å². The van der Waals surface area contributed by atoms with Gasteiger partial charge in [-0.15, -0.1) is 0 Å². The summed E-state index contributed by atoms with van der Waals surface area (Å²) in [6, 6.07) is 5.37. The topological polar surface area (TPSA) is 46.6 Å². The minimum atomic E-state index is -0.778. The molecule has 4 heteroatoms. The SMILES string of the molecule is CCC(=O)c1ccc2c(c1)N(CC)C(=O)C(CC)(CC)O2. The Morgan fingerprint density at radius 3 is 2.38 bits per heavy atom. The highest BCUT2D eigenvalue weighted by molar-refractivity contribution is 6.04. The molecule has 0 bridgehead atoms. The molecule has 0 aliphatic carbocycles. The monoisotopic (exact) mass is 289 g/mol. The largest absolute Gasteiger partial charge is 0.475 e. The van der Waals surface area contributed by atoms with Crippen LogP contribution in [0.3, 0.4) is 0 Å². The van der Waals surface area contributed by atoms with E-state index < -0.39 is 5.60 Å². The number of amides is 1. The van der Waals surface area contributed by atoms with E-state index in [1.54, 1.807) is 17.0 Å². The number of Topliss-reactive ketones (excluding diaryl/α,β-unsaturated/α-hetero) is 1. The second kappa shape index (κ2) is 5.88. The molecule has 0 saturated carbocycles. The average molecular weight is 289 g/mol. The van der Waals surface area contributed by atoms with Crippen LogP contribution in [-0.2, 0) is 4.79 Å². The summed E-state index contributed by atoms with van der Waals surface area (Å²) in [5.74, 6) is 0.750. The van der Waals surface area contributed by atoms with E-state index in [1.807, 2.05) is 33.8 Å². The van der Waals surface area contributed by atoms with Gasteiger partial charge in [-0.25, -0.2) is 0 Å². The molecule has 114 valence electrons. The lowest BCUT2D eigenvalue weighted by Gasteiger charge is -2.41. The zero-order valence-corrected chi connectivity index (χ0v) is 13.2. The number of hydrogen-bond acceptors (Lipinski definition) is 3. The van der Waals surface area contributed by atoms with Crippen molar-refractivity contribution in [2.24, 2.45) is 0 Å². The predicted octanol–water partition coefficient (Wildman–Crippen LogP) is 3.58. The Morgan fingerprint density at radius 2 is 1.86 bits per heavy atom. The van der Waals surface area contributed by atoms with E-state index in [0.717, 1.165) is 0 Å². The first-order chi connectivity index (χ1) is 10.0. The molecule has 0 aromatic heterocycles. The molecule has 4 nitrogen and oxygen atoms in total. The third-order valence-electron chi connectivity index (χ3n) is 4.29. The summed E-state index contributed by atoms with van der Waals surface area (Å²) < 4.78 is 6.03. The van der Waals surface area contributed by atoms with E-state index in [-0.39, 0.29) is 11.7 Å². The number of rotatable bonds is 5. The summed E-state index contributed by atoms with van der Waals surface area (Å²) in [7, 11) is 0. The van der Waals surface area contributed by atoms with Crippen molar-refractivity contribution in [2.75, 3.05) is 11.4 Å². The molecule has 1 aromatic carbocycles. The summed E-state index contributed by atoms with van der Waals surface area (Å²) in [4.78, 5) is 26.4. The van der Waals surface area contributed by atoms with Gasteiger partial charge in [0.15, 0.2) is 11.4 Å². The van der Waals surface area contributed by atoms with Crippen LogP contribution in [0.5, 0.6) is 5.75 Å². The standard InChI is InChI=1S/C17H23NO3/c1-5-14(19)12-9-10-15-13(11-12)18(8-4)16(20)17(6-2,7-3)21-15/h9-11H,5-8H2,1-4H3. The molecule has 1 amide bonds. The van der Waals surface area contributed by atoms with Gasteiger partial charge < -0.3 is 9.64 Å². The molecule has 1 aliphatic rings. The van der Waals surface area contributed by atoms with E-state index in [4.69, 9.17) is 4.74 Å². The lowest BCUT2D eigenvalue weighted by molar-refractivity contribution is -0.136. The van der Waals surface area contributed by atoms with Crippen LogP contribution >= 0.6 is 0 Å². The molecule has 1 aromatic rings. The van der Waals surface area contributed by atoms with E-state index >= 15 is 0 Å². The maximum Gasteiger partial charge on any atom is 0.271 e. The first-order valence-electron chi connectivity index (χ1n) is 7.71. The molecule has 0 saturated heterocycles. The number of benzene rings is 1. The van der Waals surface area contributed by atoms with Gasteiger partial charge in [0.05, 0.1) is 5.69 Å². The van der Waals surface area contributed by atoms with Gasteiger partial charge in [0.25, 0.3) is 5.91 Å². The van der Waals surface area contributed by atoms with E-state index in [1.165, 1.54) is 0 Å². The molecular formula is C17H23NO3. The number of fused-ring (bicyclic) bond motifs is 1. The number of hydrogen-bond donors (Lipinski definition) is 0. The fourth-order valence-corrected chi connectivity index (χ4v) is 2.81. The Labute approximate surface area is 126 Å². The summed E-state index contributed by atoms with van der Waals surface area (Å²) in [5, 5.41) is 0. The van der Waals surface area contributed by atoms with Crippen LogP contribution in [0, 0.1) is 0 Å². The fraction of sp³-hybridized carbons (Fsp3) is 0.529. The molecule has 0 unspecified atom stereocenters. The highest BCUT2D eigenvalue weighted by Crippen LogP contribution is 2.41. The minimum absolute atomic E-state index is 0.0106. The molecule has 0 atom stereocenters. The van der Waals surface area contributed by atoms with E-state index in [9.17, 15) is 9.59 Å². The smallest absolute Gasteiger partial charge is 0.271 e. The second-order valence-corrected chi connectivity index (χ2v) is 5.31. The van der Waals surface area contributed by atoms with Gasteiger partial charge >= 0.3 is 0 Å². The Kier molecular flexibility index (Phi) is 4.35. The molecule has 1 heterocycles. The second-order valence-electron chi connectivity index (χ2n) is 5.31. The van der Waals surface area contributed by atoms with Crippen molar-refractivity contribution >= 4 is 17.4 Å². The van der Waals surface area contributed by atoms with E-state index in [2.05, 4.69) is 0 Å². The van der Waals surface area contributed by atoms with Gasteiger partial charge in [-0.1, -0.05) is 20.8 Å². The average Bonchev–Trinajstić information content (AvgIpc) is 2.53. The van der Waals surface area contributed by atoms with Crippen LogP contribution < -0.4 is 9.64 Å². The number of ketones is 1. The number of carbonyl (C=O) groups is 2. The van der Waals surface area contributed by atoms with Crippen molar-refractivity contribution in [3.05, 3.63) is 23.8 Å². The summed E-state index contributed by atoms with van der Waals surface area (Å²) in [6.45, 7) is 8.28. The Hall–Kier alpha value is -1.84. The predicted molar refractivity (Wildman–Crippen MR) is 83.0 cm³/mol. The maximum atomic E-state index is 12.8. The summed E-state index contributed by atoms with van der Waals surface area (Å²) in [6.07, 6.45) is 1.72. The first-order valence-corrected chi connectivity index (χ1v) is 7.71. The van der Waals surface area contributed by atoms with Gasteiger partial charge in [0.1, 0.15) is 5.75 Å². The number of ether oxygens (including phenoxy) is 1. The van der Waals surface area contributed by atoms with Crippen LogP contribution in [0.25, 0.3) is 0 Å². The summed E-state index contributed by atoms with van der Waals surface area (Å²) in [5.41, 5.74) is 0.560. The van der Waals surface area contributed by atoms with E-state index in [0.29, 0.717) is 42.8 Å². The van der Waals surface area contributed by atoms with Crippen molar-refractivity contribution in [2.45, 2.75) is 52.6 Å². The minimum Gasteiger partial charge on any atom is -0.475 e. The third kappa shape index (κ3) is 2.43. The van der Waals surface area contributed by atoms with Crippen LogP contribution in [0.1, 0.15) is 57.3 Å². The Bertz CT molecular complexity index is 561. The van der Waals surface area contributed by atoms with Crippen molar-refractivity contribution < 1.29 is 14.3 Å². The van der Waals surface area contributed by atoms with Crippen LogP contribution in [-0.4, -0.2) is 23.8 Å². The highest BCUT2D eigenvalue weighted by atomic mass is 16.5. The zero-order chi connectivity index (χ0) is 15.6. The Morgan fingerprint density at radius 1 is 1.19 bits per heavy atom. The van der Waals surface area contributed by atoms with Crippen molar-refractivity contribution in [3.63, 3.8) is 0 Å². The lowest BCUT2D eigenvalue weighted by atomic mass is 9.92. The molecule has 0 fully saturated rings. The number of anilines is 1. The van der Waals surface area contributed by atoms with Crippen LogP contribution in [0.15, 0.2) is 18.2 Å². The molecular weight excluding hydrogens is 266 g/mol. The third-order valence-corrected chi connectivity index (χ3v) is 4.29. The van der Waals surface area contributed by atoms with Gasteiger partial charge in [0.2, 0.25) is 0 Å². The number of carbonyl (C=O) groups excluding carboxylic acids is 2. The molecule has 1 aliphatic heterocycles. The Balaban J connectivity index is 2.53. The molecule has 21 heavy (non-hydrogen) atoms. The molecule has 0 spiro atoms. The quantitative estimate of drug-likeness (QED) is 0.778. The normalized spacial score (nSPS) is 16.4. The lowest BCUT2D eigenvalue weighted by Crippen LogP contribution is -2.55. The number of likely N-dealkylation sites (N-methyl/N-ethyl adjacent to an activating group) is 1. The zero-order valence-electron chi connectivity index (χ0n) is 13.2. The first kappa shape index (κ1) is 15.5. The van der Waals surface area contributed by atoms with Gasteiger partial charge in [-0.05, 0) is 38.0 Å². The van der Waals surface area contributed by atoms with Crippen LogP contribution in [0.4, 0.5) is 5.69 Å². The van der Waals surface area contributed by atoms with Gasteiger partial charge in [-0.3, -0.25) is 9.59 Å². The van der Waals surface area contributed by atoms with Crippen molar-refractivity contribution in [3.8, 4) is 5.75 Å². The fourth-order valence-electron chi connectivity index (χ4n) is 2.81. The molecule has 0 radical (unpaired) electrons. The summed E-state index contributed by atoms with van der Waals surface area (Å²) >= 11 is 0. The molecule has 0 N–H and O–H groups in total. The van der Waals surface area contributed by atoms with Gasteiger partial charge in [0, 0.05) is 18.5 Å². The highest BCUT2D eigenvalue weighted by Gasteiger charge is 2.45. The van der Waals surface area contributed by atoms with Gasteiger partial charge in [-0.2, -0.15) is 0 Å². The number of nitrogens with zero attached hydrogens (tertiary/aromatic N) is 1. The maximum absolute atomic E-state index is 12.8. The molecule has 2 rings (SSSR count). The van der Waals surface area contributed by atoms with Crippen LogP contribution in [0.2, 0.25) is 0 Å². The van der Waals surface area contributed by atoms with Crippen molar-refractivity contribution in [1.29, 1.82) is 0 Å².